The molecule has 0 spiro atoms. The highest BCUT2D eigenvalue weighted by Crippen LogP contribution is 2.36. The molecule has 0 bridgehead atoms. The minimum atomic E-state index is 0.683. The van der Waals surface area contributed by atoms with E-state index in [0.29, 0.717) is 6.04 Å². The highest BCUT2D eigenvalue weighted by molar-refractivity contribution is 5.14. The molecule has 2 aliphatic rings. The average Bonchev–Trinajstić information content (AvgIpc) is 2.55. The van der Waals surface area contributed by atoms with Gasteiger partial charge in [0.1, 0.15) is 0 Å². The van der Waals surface area contributed by atoms with Gasteiger partial charge in [-0.2, -0.15) is 0 Å². The molecular formula is C15H27N. The molecular weight excluding hydrogens is 194 g/mol. The van der Waals surface area contributed by atoms with Crippen molar-refractivity contribution >= 4 is 0 Å². The fraction of sp³-hybridized carbons (Fsp3) is 0.867. The van der Waals surface area contributed by atoms with Crippen LogP contribution < -0.4 is 5.32 Å². The van der Waals surface area contributed by atoms with Crippen molar-refractivity contribution in [2.75, 3.05) is 7.05 Å². The zero-order valence-electron chi connectivity index (χ0n) is 11.0. The van der Waals surface area contributed by atoms with E-state index in [4.69, 9.17) is 0 Å². The molecule has 0 aromatic rings. The largest absolute Gasteiger partial charge is 0.313 e. The monoisotopic (exact) mass is 221 g/mol. The van der Waals surface area contributed by atoms with E-state index in [1.807, 2.05) is 0 Å². The van der Waals surface area contributed by atoms with E-state index < -0.39 is 0 Å². The molecule has 0 aliphatic heterocycles. The zero-order chi connectivity index (χ0) is 11.4. The molecule has 0 radical (unpaired) electrons. The van der Waals surface area contributed by atoms with Crippen molar-refractivity contribution in [2.45, 2.75) is 64.3 Å². The quantitative estimate of drug-likeness (QED) is 0.713. The van der Waals surface area contributed by atoms with Gasteiger partial charge in [0.25, 0.3) is 0 Å². The molecule has 1 heteroatoms. The van der Waals surface area contributed by atoms with Crippen molar-refractivity contribution in [3.63, 3.8) is 0 Å². The lowest BCUT2D eigenvalue weighted by Crippen LogP contribution is -2.34. The van der Waals surface area contributed by atoms with Gasteiger partial charge in [-0.05, 0) is 57.4 Å². The fourth-order valence-corrected chi connectivity index (χ4v) is 3.60. The summed E-state index contributed by atoms with van der Waals surface area (Å²) in [4.78, 5) is 0. The Morgan fingerprint density at radius 3 is 2.81 bits per heavy atom. The number of hydrogen-bond acceptors (Lipinski definition) is 1. The molecule has 16 heavy (non-hydrogen) atoms. The summed E-state index contributed by atoms with van der Waals surface area (Å²) in [7, 11) is 2.15. The zero-order valence-corrected chi connectivity index (χ0v) is 11.0. The third-order valence-corrected chi connectivity index (χ3v) is 4.49. The van der Waals surface area contributed by atoms with Crippen LogP contribution in [0.25, 0.3) is 0 Å². The first kappa shape index (κ1) is 12.2. The summed E-state index contributed by atoms with van der Waals surface area (Å²) in [6.45, 7) is 2.41. The van der Waals surface area contributed by atoms with Crippen LogP contribution in [-0.2, 0) is 0 Å². The Morgan fingerprint density at radius 1 is 1.25 bits per heavy atom. The maximum Gasteiger partial charge on any atom is 0.0305 e. The molecule has 0 aromatic carbocycles. The Hall–Kier alpha value is -0.300. The smallest absolute Gasteiger partial charge is 0.0305 e. The summed E-state index contributed by atoms with van der Waals surface area (Å²) in [5.74, 6) is 1.86. The first-order valence-electron chi connectivity index (χ1n) is 7.17. The summed E-state index contributed by atoms with van der Waals surface area (Å²) < 4.78 is 0. The van der Waals surface area contributed by atoms with Crippen LogP contribution in [0.15, 0.2) is 11.6 Å². The first-order valence-corrected chi connectivity index (χ1v) is 7.17. The highest BCUT2D eigenvalue weighted by Gasteiger charge is 2.29. The Balaban J connectivity index is 2.00. The lowest BCUT2D eigenvalue weighted by molar-refractivity contribution is 0.400. The van der Waals surface area contributed by atoms with Crippen LogP contribution in [-0.4, -0.2) is 13.1 Å². The number of hydrogen-bond donors (Lipinski definition) is 1. The van der Waals surface area contributed by atoms with Gasteiger partial charge in [0.2, 0.25) is 0 Å². The van der Waals surface area contributed by atoms with Gasteiger partial charge in [0.05, 0.1) is 0 Å². The molecule has 1 fully saturated rings. The summed E-state index contributed by atoms with van der Waals surface area (Å²) in [5, 5.41) is 3.59. The van der Waals surface area contributed by atoms with Gasteiger partial charge in [-0.1, -0.05) is 31.4 Å². The minimum Gasteiger partial charge on any atom is -0.313 e. The Labute approximate surface area is 101 Å². The minimum absolute atomic E-state index is 0.683. The maximum atomic E-state index is 3.59. The van der Waals surface area contributed by atoms with Crippen molar-refractivity contribution in [3.05, 3.63) is 11.6 Å². The van der Waals surface area contributed by atoms with E-state index in [-0.39, 0.29) is 0 Å². The highest BCUT2D eigenvalue weighted by atomic mass is 14.9. The van der Waals surface area contributed by atoms with Crippen LogP contribution in [0, 0.1) is 11.8 Å². The first-order chi connectivity index (χ1) is 7.81. The van der Waals surface area contributed by atoms with E-state index in [0.717, 1.165) is 11.8 Å². The van der Waals surface area contributed by atoms with E-state index in [1.54, 1.807) is 5.57 Å². The van der Waals surface area contributed by atoms with Crippen molar-refractivity contribution in [2.24, 2.45) is 11.8 Å². The summed E-state index contributed by atoms with van der Waals surface area (Å²) in [6.07, 6.45) is 13.7. The van der Waals surface area contributed by atoms with Gasteiger partial charge >= 0.3 is 0 Å². The van der Waals surface area contributed by atoms with Gasteiger partial charge in [-0.25, -0.2) is 0 Å². The molecule has 92 valence electrons. The number of rotatable bonds is 3. The van der Waals surface area contributed by atoms with Crippen LogP contribution in [0.5, 0.6) is 0 Å². The van der Waals surface area contributed by atoms with Crippen LogP contribution in [0.2, 0.25) is 0 Å². The average molecular weight is 221 g/mol. The summed E-state index contributed by atoms with van der Waals surface area (Å²) in [6, 6.07) is 0.683. The normalized spacial score (nSPS) is 33.2. The van der Waals surface area contributed by atoms with Crippen LogP contribution in [0.1, 0.15) is 58.3 Å². The lowest BCUT2D eigenvalue weighted by Gasteiger charge is -2.26. The maximum absolute atomic E-state index is 3.59. The van der Waals surface area contributed by atoms with Crippen molar-refractivity contribution < 1.29 is 0 Å². The number of allylic oxidation sites excluding steroid dienone is 1. The van der Waals surface area contributed by atoms with Gasteiger partial charge in [0.15, 0.2) is 0 Å². The van der Waals surface area contributed by atoms with Crippen LogP contribution in [0.3, 0.4) is 0 Å². The van der Waals surface area contributed by atoms with Crippen LogP contribution in [0.4, 0.5) is 0 Å². The van der Waals surface area contributed by atoms with Crippen molar-refractivity contribution in [3.8, 4) is 0 Å². The molecule has 1 N–H and O–H groups in total. The molecule has 3 unspecified atom stereocenters. The summed E-state index contributed by atoms with van der Waals surface area (Å²) in [5.41, 5.74) is 1.72. The molecule has 1 saturated carbocycles. The lowest BCUT2D eigenvalue weighted by atomic mass is 9.88. The topological polar surface area (TPSA) is 12.0 Å². The third kappa shape index (κ3) is 2.88. The Bertz CT molecular complexity index is 244. The van der Waals surface area contributed by atoms with E-state index >= 15 is 0 Å². The molecule has 3 atom stereocenters. The van der Waals surface area contributed by atoms with Gasteiger partial charge < -0.3 is 5.32 Å². The van der Waals surface area contributed by atoms with Gasteiger partial charge in [0, 0.05) is 6.04 Å². The van der Waals surface area contributed by atoms with Gasteiger partial charge in [-0.15, -0.1) is 0 Å². The molecule has 2 aliphatic carbocycles. The predicted molar refractivity (Wildman–Crippen MR) is 70.5 cm³/mol. The standard InChI is InChI=1S/C15H27N/c1-12-9-10-14(11-12)15(16-2)13-7-5-3-4-6-8-13/h7,12,14-16H,3-6,8-11H2,1-2H3. The third-order valence-electron chi connectivity index (χ3n) is 4.49. The Morgan fingerprint density at radius 2 is 2.12 bits per heavy atom. The van der Waals surface area contributed by atoms with E-state index in [2.05, 4.69) is 25.4 Å². The van der Waals surface area contributed by atoms with E-state index in [9.17, 15) is 0 Å². The molecule has 0 aromatic heterocycles. The molecule has 2 rings (SSSR count). The second-order valence-corrected chi connectivity index (χ2v) is 5.82. The van der Waals surface area contributed by atoms with Crippen molar-refractivity contribution in [1.29, 1.82) is 0 Å². The molecule has 0 saturated heterocycles. The van der Waals surface area contributed by atoms with Crippen molar-refractivity contribution in [1.82, 2.24) is 5.32 Å². The SMILES string of the molecule is CNC(C1=CCCCCC1)C1CCC(C)C1. The van der Waals surface area contributed by atoms with E-state index in [1.165, 1.54) is 51.4 Å². The van der Waals surface area contributed by atoms with Gasteiger partial charge in [-0.3, -0.25) is 0 Å². The molecule has 0 amide bonds. The molecule has 1 nitrogen and oxygen atoms in total. The number of nitrogens with one attached hydrogen (secondary N) is 1. The molecule has 0 heterocycles. The van der Waals surface area contributed by atoms with Crippen LogP contribution >= 0.6 is 0 Å². The summed E-state index contributed by atoms with van der Waals surface area (Å²) >= 11 is 0. The second-order valence-electron chi connectivity index (χ2n) is 5.82. The second kappa shape index (κ2) is 5.86. The number of likely N-dealkylation sites (N-methyl/N-ethyl adjacent to an activating group) is 1. The fourth-order valence-electron chi connectivity index (χ4n) is 3.60. The Kier molecular flexibility index (Phi) is 4.45. The predicted octanol–water partition coefficient (Wildman–Crippen LogP) is 3.90.